The fourth-order valence-electron chi connectivity index (χ4n) is 2.73. The van der Waals surface area contributed by atoms with Crippen LogP contribution < -0.4 is 5.32 Å². The summed E-state index contributed by atoms with van der Waals surface area (Å²) in [5, 5.41) is 8.73. The molecule has 0 aliphatic heterocycles. The van der Waals surface area contributed by atoms with Crippen molar-refractivity contribution in [2.45, 2.75) is 31.2 Å². The van der Waals surface area contributed by atoms with Gasteiger partial charge in [0.15, 0.2) is 5.82 Å². The summed E-state index contributed by atoms with van der Waals surface area (Å²) in [5.74, 6) is 1.51. The molecule has 106 valence electrons. The minimum absolute atomic E-state index is 0.597. The standard InChI is InChI=1S/C15H19ClN4/c1-20-10-18-15(19-20)6-7-17-12-8-11(9-12)13-4-2-3-5-14(13)16/h2-5,10-12,17H,6-9H2,1H3. The zero-order valence-corrected chi connectivity index (χ0v) is 12.3. The van der Waals surface area contributed by atoms with Crippen molar-refractivity contribution in [1.82, 2.24) is 20.1 Å². The van der Waals surface area contributed by atoms with E-state index in [4.69, 9.17) is 11.6 Å². The predicted molar refractivity (Wildman–Crippen MR) is 79.9 cm³/mol. The van der Waals surface area contributed by atoms with Crippen molar-refractivity contribution in [2.75, 3.05) is 6.54 Å². The molecule has 1 aliphatic carbocycles. The van der Waals surface area contributed by atoms with E-state index in [-0.39, 0.29) is 0 Å². The lowest BCUT2D eigenvalue weighted by molar-refractivity contribution is 0.292. The van der Waals surface area contributed by atoms with E-state index in [2.05, 4.69) is 27.5 Å². The molecule has 1 aliphatic rings. The van der Waals surface area contributed by atoms with Crippen LogP contribution in [0.4, 0.5) is 0 Å². The molecule has 1 aromatic carbocycles. The Hall–Kier alpha value is -1.39. The van der Waals surface area contributed by atoms with Crippen molar-refractivity contribution in [2.24, 2.45) is 7.05 Å². The maximum atomic E-state index is 6.23. The lowest BCUT2D eigenvalue weighted by atomic mass is 9.76. The molecule has 0 spiro atoms. The van der Waals surface area contributed by atoms with E-state index in [1.54, 1.807) is 11.0 Å². The molecule has 0 atom stereocenters. The summed E-state index contributed by atoms with van der Waals surface area (Å²) < 4.78 is 1.74. The summed E-state index contributed by atoms with van der Waals surface area (Å²) in [7, 11) is 1.89. The van der Waals surface area contributed by atoms with Crippen molar-refractivity contribution >= 4 is 11.6 Å². The third-order valence-electron chi connectivity index (χ3n) is 3.91. The maximum Gasteiger partial charge on any atom is 0.151 e. The molecular formula is C15H19ClN4. The Morgan fingerprint density at radius 1 is 1.35 bits per heavy atom. The average molecular weight is 291 g/mol. The van der Waals surface area contributed by atoms with Gasteiger partial charge in [-0.1, -0.05) is 29.8 Å². The van der Waals surface area contributed by atoms with E-state index in [0.717, 1.165) is 23.8 Å². The van der Waals surface area contributed by atoms with Gasteiger partial charge in [-0.3, -0.25) is 4.68 Å². The second kappa shape index (κ2) is 5.94. The van der Waals surface area contributed by atoms with Gasteiger partial charge in [-0.25, -0.2) is 4.98 Å². The summed E-state index contributed by atoms with van der Waals surface area (Å²) in [4.78, 5) is 4.23. The first-order valence-corrected chi connectivity index (χ1v) is 7.42. The van der Waals surface area contributed by atoms with Gasteiger partial charge in [0.1, 0.15) is 6.33 Å². The Bertz CT molecular complexity index is 575. The van der Waals surface area contributed by atoms with E-state index in [1.807, 2.05) is 19.2 Å². The van der Waals surface area contributed by atoms with Gasteiger partial charge < -0.3 is 5.32 Å². The van der Waals surface area contributed by atoms with Gasteiger partial charge in [-0.15, -0.1) is 0 Å². The van der Waals surface area contributed by atoms with Crippen LogP contribution in [0.1, 0.15) is 30.1 Å². The third kappa shape index (κ3) is 3.02. The second-order valence-corrected chi connectivity index (χ2v) is 5.83. The Balaban J connectivity index is 1.41. The van der Waals surface area contributed by atoms with Crippen molar-refractivity contribution in [1.29, 1.82) is 0 Å². The molecule has 5 heteroatoms. The highest BCUT2D eigenvalue weighted by atomic mass is 35.5. The molecule has 1 aromatic heterocycles. The van der Waals surface area contributed by atoms with E-state index < -0.39 is 0 Å². The van der Waals surface area contributed by atoms with E-state index in [0.29, 0.717) is 12.0 Å². The molecule has 1 fully saturated rings. The molecule has 0 bridgehead atoms. The van der Waals surface area contributed by atoms with Crippen LogP contribution in [0.2, 0.25) is 5.02 Å². The molecule has 0 radical (unpaired) electrons. The molecule has 1 N–H and O–H groups in total. The molecule has 4 nitrogen and oxygen atoms in total. The number of rotatable bonds is 5. The highest BCUT2D eigenvalue weighted by Crippen LogP contribution is 2.39. The largest absolute Gasteiger partial charge is 0.313 e. The van der Waals surface area contributed by atoms with Crippen LogP contribution >= 0.6 is 11.6 Å². The third-order valence-corrected chi connectivity index (χ3v) is 4.26. The first-order chi connectivity index (χ1) is 9.72. The molecule has 1 saturated carbocycles. The Labute approximate surface area is 124 Å². The van der Waals surface area contributed by atoms with Crippen molar-refractivity contribution in [3.63, 3.8) is 0 Å². The SMILES string of the molecule is Cn1cnc(CCNC2CC(c3ccccc3Cl)C2)n1. The first-order valence-electron chi connectivity index (χ1n) is 7.04. The normalized spacial score (nSPS) is 21.7. The second-order valence-electron chi connectivity index (χ2n) is 5.43. The van der Waals surface area contributed by atoms with Crippen molar-refractivity contribution < 1.29 is 0 Å². The van der Waals surface area contributed by atoms with Crippen LogP contribution in [0.25, 0.3) is 0 Å². The number of benzene rings is 1. The fourth-order valence-corrected chi connectivity index (χ4v) is 3.02. The maximum absolute atomic E-state index is 6.23. The average Bonchev–Trinajstić information content (AvgIpc) is 2.79. The smallest absolute Gasteiger partial charge is 0.151 e. The Kier molecular flexibility index (Phi) is 4.03. The fraction of sp³-hybridized carbons (Fsp3) is 0.467. The van der Waals surface area contributed by atoms with Gasteiger partial charge in [0.2, 0.25) is 0 Å². The molecule has 0 saturated heterocycles. The minimum Gasteiger partial charge on any atom is -0.313 e. The molecule has 1 heterocycles. The first kappa shape index (κ1) is 13.6. The van der Waals surface area contributed by atoms with Crippen LogP contribution in [-0.4, -0.2) is 27.4 Å². The van der Waals surface area contributed by atoms with E-state index in [1.165, 1.54) is 18.4 Å². The number of aromatic nitrogens is 3. The number of hydrogen-bond acceptors (Lipinski definition) is 3. The quantitative estimate of drug-likeness (QED) is 0.920. The van der Waals surface area contributed by atoms with Gasteiger partial charge in [-0.2, -0.15) is 5.10 Å². The summed E-state index contributed by atoms with van der Waals surface area (Å²) >= 11 is 6.23. The van der Waals surface area contributed by atoms with Crippen LogP contribution in [0.5, 0.6) is 0 Å². The summed E-state index contributed by atoms with van der Waals surface area (Å²) in [6, 6.07) is 8.76. The van der Waals surface area contributed by atoms with Crippen molar-refractivity contribution in [3.05, 3.63) is 47.0 Å². The lowest BCUT2D eigenvalue weighted by Gasteiger charge is -2.36. The minimum atomic E-state index is 0.597. The summed E-state index contributed by atoms with van der Waals surface area (Å²) in [6.45, 7) is 0.934. The van der Waals surface area contributed by atoms with Gasteiger partial charge in [0, 0.05) is 31.1 Å². The highest BCUT2D eigenvalue weighted by Gasteiger charge is 2.30. The summed E-state index contributed by atoms with van der Waals surface area (Å²) in [5.41, 5.74) is 1.29. The van der Waals surface area contributed by atoms with E-state index >= 15 is 0 Å². The Morgan fingerprint density at radius 2 is 2.15 bits per heavy atom. The number of halogens is 1. The monoisotopic (exact) mass is 290 g/mol. The lowest BCUT2D eigenvalue weighted by Crippen LogP contribution is -2.41. The summed E-state index contributed by atoms with van der Waals surface area (Å²) in [6.07, 6.45) is 4.96. The molecule has 20 heavy (non-hydrogen) atoms. The molecule has 2 aromatic rings. The number of nitrogens with one attached hydrogen (secondary N) is 1. The molecule has 0 unspecified atom stereocenters. The van der Waals surface area contributed by atoms with Crippen LogP contribution in [0, 0.1) is 0 Å². The Morgan fingerprint density at radius 3 is 2.85 bits per heavy atom. The van der Waals surface area contributed by atoms with Gasteiger partial charge in [-0.05, 0) is 30.4 Å². The molecule has 0 amide bonds. The van der Waals surface area contributed by atoms with Gasteiger partial charge >= 0.3 is 0 Å². The number of hydrogen-bond donors (Lipinski definition) is 1. The highest BCUT2D eigenvalue weighted by molar-refractivity contribution is 6.31. The topological polar surface area (TPSA) is 42.7 Å². The molecular weight excluding hydrogens is 272 g/mol. The van der Waals surface area contributed by atoms with Crippen LogP contribution in [0.3, 0.4) is 0 Å². The zero-order chi connectivity index (χ0) is 13.9. The predicted octanol–water partition coefficient (Wildman–Crippen LogP) is 2.55. The van der Waals surface area contributed by atoms with E-state index in [9.17, 15) is 0 Å². The van der Waals surface area contributed by atoms with Gasteiger partial charge in [0.05, 0.1) is 0 Å². The van der Waals surface area contributed by atoms with Crippen molar-refractivity contribution in [3.8, 4) is 0 Å². The zero-order valence-electron chi connectivity index (χ0n) is 11.6. The number of aryl methyl sites for hydroxylation is 1. The van der Waals surface area contributed by atoms with Gasteiger partial charge in [0.25, 0.3) is 0 Å². The van der Waals surface area contributed by atoms with Crippen LogP contribution in [0.15, 0.2) is 30.6 Å². The number of nitrogens with zero attached hydrogens (tertiary/aromatic N) is 3. The van der Waals surface area contributed by atoms with Crippen LogP contribution in [-0.2, 0) is 13.5 Å². The molecule has 3 rings (SSSR count).